The first kappa shape index (κ1) is 20.1. The van der Waals surface area contributed by atoms with E-state index in [0.29, 0.717) is 17.5 Å². The Balaban J connectivity index is 1.49. The molecule has 0 bridgehead atoms. The average molecular weight is 425 g/mol. The fourth-order valence-electron chi connectivity index (χ4n) is 3.80. The molecule has 3 aromatic carbocycles. The van der Waals surface area contributed by atoms with Gasteiger partial charge < -0.3 is 4.90 Å². The molecule has 0 saturated heterocycles. The van der Waals surface area contributed by atoms with Gasteiger partial charge >= 0.3 is 0 Å². The van der Waals surface area contributed by atoms with Crippen molar-refractivity contribution in [3.63, 3.8) is 0 Å². The van der Waals surface area contributed by atoms with Crippen LogP contribution in [-0.2, 0) is 23.8 Å². The van der Waals surface area contributed by atoms with Gasteiger partial charge in [0.25, 0.3) is 0 Å². The van der Waals surface area contributed by atoms with Crippen LogP contribution >= 0.6 is 11.6 Å². The van der Waals surface area contributed by atoms with Crippen molar-refractivity contribution >= 4 is 34.0 Å². The van der Waals surface area contributed by atoms with E-state index in [2.05, 4.69) is 65.1 Å². The quantitative estimate of drug-likeness (QED) is 0.564. The van der Waals surface area contributed by atoms with Crippen molar-refractivity contribution in [3.8, 4) is 0 Å². The molecule has 1 N–H and O–H groups in total. The molecule has 2 atom stereocenters. The Morgan fingerprint density at radius 1 is 0.931 bits per heavy atom. The van der Waals surface area contributed by atoms with Crippen LogP contribution in [0.15, 0.2) is 77.7 Å². The molecule has 2 unspecified atom stereocenters. The predicted octanol–water partition coefficient (Wildman–Crippen LogP) is 5.53. The Kier molecular flexibility index (Phi) is 6.34. The monoisotopic (exact) mass is 424 g/mol. The second-order valence-corrected chi connectivity index (χ2v) is 9.28. The molecule has 0 aromatic heterocycles. The number of fused-ring (bicyclic) bond motifs is 2. The minimum Gasteiger partial charge on any atom is -0.341 e. The molecule has 1 aliphatic rings. The van der Waals surface area contributed by atoms with Crippen LogP contribution in [0.2, 0.25) is 5.02 Å². The van der Waals surface area contributed by atoms with Crippen LogP contribution in [0.25, 0.3) is 0 Å². The largest absolute Gasteiger partial charge is 0.341 e. The molecule has 0 amide bonds. The third kappa shape index (κ3) is 4.72. The van der Waals surface area contributed by atoms with Crippen molar-refractivity contribution in [1.29, 1.82) is 0 Å². The van der Waals surface area contributed by atoms with Gasteiger partial charge in [-0.1, -0.05) is 54.9 Å². The highest BCUT2D eigenvalue weighted by atomic mass is 35.5. The summed E-state index contributed by atoms with van der Waals surface area (Å²) in [4.78, 5) is 3.17. The number of halogens is 1. The molecular formula is C24H25ClN2OS. The highest BCUT2D eigenvalue weighted by Gasteiger charge is 2.22. The third-order valence-corrected chi connectivity index (χ3v) is 6.69. The molecule has 0 radical (unpaired) electrons. The number of anilines is 2. The van der Waals surface area contributed by atoms with E-state index in [1.165, 1.54) is 22.5 Å². The Morgan fingerprint density at radius 2 is 1.48 bits per heavy atom. The van der Waals surface area contributed by atoms with Gasteiger partial charge in [0.2, 0.25) is 0 Å². The second-order valence-electron chi connectivity index (χ2n) is 7.54. The second kappa shape index (κ2) is 9.12. The van der Waals surface area contributed by atoms with Crippen LogP contribution in [0.1, 0.15) is 18.1 Å². The fourth-order valence-corrected chi connectivity index (χ4v) is 4.91. The van der Waals surface area contributed by atoms with Crippen molar-refractivity contribution in [1.82, 2.24) is 4.72 Å². The highest BCUT2D eigenvalue weighted by molar-refractivity contribution is 7.83. The molecule has 0 fully saturated rings. The first-order valence-corrected chi connectivity index (χ1v) is 11.5. The van der Waals surface area contributed by atoms with Gasteiger partial charge in [-0.25, -0.2) is 8.93 Å². The number of para-hydroxylation sites is 2. The molecule has 3 aromatic rings. The molecule has 0 aliphatic carbocycles. The Labute approximate surface area is 180 Å². The number of hydrogen-bond acceptors (Lipinski definition) is 2. The SMILES string of the molecule is CC(CNS(=O)c1ccc(Cl)cc1)CN1c2ccccc2CCc2ccccc21. The van der Waals surface area contributed by atoms with Gasteiger partial charge in [-0.05, 0) is 66.3 Å². The summed E-state index contributed by atoms with van der Waals surface area (Å²) in [6.07, 6.45) is 2.10. The molecule has 5 heteroatoms. The van der Waals surface area contributed by atoms with E-state index >= 15 is 0 Å². The van der Waals surface area contributed by atoms with E-state index in [0.717, 1.165) is 24.3 Å². The van der Waals surface area contributed by atoms with E-state index in [1.54, 1.807) is 24.3 Å². The normalized spacial score (nSPS) is 15.2. The van der Waals surface area contributed by atoms with Crippen molar-refractivity contribution in [2.24, 2.45) is 5.92 Å². The van der Waals surface area contributed by atoms with Gasteiger partial charge in [0.15, 0.2) is 0 Å². The summed E-state index contributed by atoms with van der Waals surface area (Å²) in [7, 11) is -1.24. The van der Waals surface area contributed by atoms with Gasteiger partial charge in [-0.2, -0.15) is 0 Å². The van der Waals surface area contributed by atoms with Gasteiger partial charge in [-0.3, -0.25) is 0 Å². The summed E-state index contributed by atoms with van der Waals surface area (Å²) in [6, 6.07) is 24.5. The summed E-state index contributed by atoms with van der Waals surface area (Å²) in [5.74, 6) is 0.311. The third-order valence-electron chi connectivity index (χ3n) is 5.31. The molecule has 1 aliphatic heterocycles. The van der Waals surface area contributed by atoms with E-state index in [9.17, 15) is 4.21 Å². The zero-order valence-electron chi connectivity index (χ0n) is 16.5. The molecule has 3 nitrogen and oxygen atoms in total. The van der Waals surface area contributed by atoms with Crippen LogP contribution in [0.3, 0.4) is 0 Å². The zero-order chi connectivity index (χ0) is 20.2. The maximum Gasteiger partial charge on any atom is 0.124 e. The summed E-state index contributed by atoms with van der Waals surface area (Å²) >= 11 is 5.92. The van der Waals surface area contributed by atoms with Crippen LogP contribution in [0.5, 0.6) is 0 Å². The average Bonchev–Trinajstić information content (AvgIpc) is 2.90. The summed E-state index contributed by atoms with van der Waals surface area (Å²) in [5.41, 5.74) is 5.33. The summed E-state index contributed by atoms with van der Waals surface area (Å²) < 4.78 is 15.7. The molecule has 4 rings (SSSR count). The standard InChI is InChI=1S/C24H25ClN2OS/c1-18(16-26-29(28)22-14-12-21(25)13-15-22)17-27-23-8-4-2-6-19(23)10-11-20-7-3-5-9-24(20)27/h2-9,12-15,18,26H,10-11,16-17H2,1H3. The van der Waals surface area contributed by atoms with Crippen LogP contribution in [0.4, 0.5) is 11.4 Å². The maximum absolute atomic E-state index is 12.5. The predicted molar refractivity (Wildman–Crippen MR) is 122 cm³/mol. The van der Waals surface area contributed by atoms with Crippen LogP contribution in [0, 0.1) is 5.92 Å². The van der Waals surface area contributed by atoms with E-state index < -0.39 is 11.0 Å². The lowest BCUT2D eigenvalue weighted by molar-refractivity contribution is 0.571. The van der Waals surface area contributed by atoms with Crippen molar-refractivity contribution in [3.05, 3.63) is 88.9 Å². The van der Waals surface area contributed by atoms with E-state index in [4.69, 9.17) is 11.6 Å². The molecule has 29 heavy (non-hydrogen) atoms. The smallest absolute Gasteiger partial charge is 0.124 e. The first-order chi connectivity index (χ1) is 14.1. The molecule has 1 heterocycles. The Morgan fingerprint density at radius 3 is 2.07 bits per heavy atom. The molecule has 0 saturated carbocycles. The fraction of sp³-hybridized carbons (Fsp3) is 0.250. The summed E-state index contributed by atoms with van der Waals surface area (Å²) in [5, 5.41) is 0.651. The van der Waals surface area contributed by atoms with Crippen molar-refractivity contribution in [2.75, 3.05) is 18.0 Å². The van der Waals surface area contributed by atoms with Crippen molar-refractivity contribution in [2.45, 2.75) is 24.7 Å². The molecular weight excluding hydrogens is 400 g/mol. The van der Waals surface area contributed by atoms with Gasteiger partial charge in [0.1, 0.15) is 11.0 Å². The number of aryl methyl sites for hydroxylation is 2. The topological polar surface area (TPSA) is 32.3 Å². The number of nitrogens with zero attached hydrogens (tertiary/aromatic N) is 1. The maximum atomic E-state index is 12.5. The van der Waals surface area contributed by atoms with E-state index in [-0.39, 0.29) is 0 Å². The molecule has 150 valence electrons. The van der Waals surface area contributed by atoms with Crippen molar-refractivity contribution < 1.29 is 4.21 Å². The Bertz CT molecular complexity index is 958. The molecule has 0 spiro atoms. The highest BCUT2D eigenvalue weighted by Crippen LogP contribution is 2.36. The number of hydrogen-bond donors (Lipinski definition) is 1. The van der Waals surface area contributed by atoms with Crippen LogP contribution < -0.4 is 9.62 Å². The lowest BCUT2D eigenvalue weighted by atomic mass is 10.0. The van der Waals surface area contributed by atoms with Crippen LogP contribution in [-0.4, -0.2) is 17.3 Å². The number of benzene rings is 3. The van der Waals surface area contributed by atoms with Gasteiger partial charge in [0, 0.05) is 29.5 Å². The number of rotatable bonds is 6. The van der Waals surface area contributed by atoms with Gasteiger partial charge in [0.05, 0.1) is 4.90 Å². The Hall–Kier alpha value is -2.14. The first-order valence-electron chi connectivity index (χ1n) is 9.96. The lowest BCUT2D eigenvalue weighted by Gasteiger charge is -2.29. The summed E-state index contributed by atoms with van der Waals surface area (Å²) in [6.45, 7) is 3.72. The van der Waals surface area contributed by atoms with Gasteiger partial charge in [-0.15, -0.1) is 0 Å². The lowest BCUT2D eigenvalue weighted by Crippen LogP contribution is -2.32. The minimum atomic E-state index is -1.24. The minimum absolute atomic E-state index is 0.311. The zero-order valence-corrected chi connectivity index (χ0v) is 18.0. The number of nitrogens with one attached hydrogen (secondary N) is 1. The van der Waals surface area contributed by atoms with E-state index in [1.807, 2.05) is 0 Å².